The molecule has 2 aromatic rings. The third-order valence-corrected chi connectivity index (χ3v) is 4.31. The Morgan fingerprint density at radius 2 is 2.32 bits per heavy atom. The summed E-state index contributed by atoms with van der Waals surface area (Å²) < 4.78 is 5.34. The van der Waals surface area contributed by atoms with Gasteiger partial charge in [-0.15, -0.1) is 0 Å². The predicted octanol–water partition coefficient (Wildman–Crippen LogP) is 1.16. The molecular formula is C14H18N6O2. The first-order valence-corrected chi connectivity index (χ1v) is 7.76. The Hall–Kier alpha value is -2.25. The number of rotatable bonds is 4. The van der Waals surface area contributed by atoms with Gasteiger partial charge in [0.25, 0.3) is 5.91 Å². The highest BCUT2D eigenvalue weighted by Crippen LogP contribution is 2.38. The first-order chi connectivity index (χ1) is 10.8. The van der Waals surface area contributed by atoms with Gasteiger partial charge in [-0.2, -0.15) is 10.1 Å². The lowest BCUT2D eigenvalue weighted by Crippen LogP contribution is -2.41. The minimum Gasteiger partial charge on any atom is -0.339 e. The average Bonchev–Trinajstić information content (AvgIpc) is 3.05. The summed E-state index contributed by atoms with van der Waals surface area (Å²) in [5.74, 6) is 2.61. The molecule has 0 aromatic carbocycles. The van der Waals surface area contributed by atoms with Crippen LogP contribution in [0.2, 0.25) is 0 Å². The smallest absolute Gasteiger partial charge is 0.291 e. The molecule has 1 N–H and O–H groups in total. The summed E-state index contributed by atoms with van der Waals surface area (Å²) in [5.41, 5.74) is 0. The van der Waals surface area contributed by atoms with Gasteiger partial charge < -0.3 is 9.42 Å². The maximum Gasteiger partial charge on any atom is 0.291 e. The summed E-state index contributed by atoms with van der Waals surface area (Å²) in [6.45, 7) is 1.45. The van der Waals surface area contributed by atoms with Crippen molar-refractivity contribution in [3.63, 3.8) is 0 Å². The van der Waals surface area contributed by atoms with E-state index in [0.29, 0.717) is 30.1 Å². The lowest BCUT2D eigenvalue weighted by atomic mass is 9.94. The van der Waals surface area contributed by atoms with Crippen LogP contribution >= 0.6 is 0 Å². The molecule has 0 bridgehead atoms. The number of likely N-dealkylation sites (tertiary alicyclic amines) is 1. The number of carbonyl (C=O) groups excluding carboxylic acids is 1. The standard InChI is InChI=1S/C14H18N6O2/c21-14(13-15-8-16-18-13)20-5-1-2-9(7-20)6-11-17-12(19-22-11)10-3-4-10/h8-10H,1-7H2,(H,15,16,18)/t9-/m1/s1. The van der Waals surface area contributed by atoms with E-state index < -0.39 is 0 Å². The molecule has 1 amide bonds. The normalized spacial score (nSPS) is 22.0. The van der Waals surface area contributed by atoms with Gasteiger partial charge >= 0.3 is 0 Å². The van der Waals surface area contributed by atoms with Gasteiger partial charge in [0.2, 0.25) is 11.7 Å². The van der Waals surface area contributed by atoms with Crippen molar-refractivity contribution in [1.29, 1.82) is 0 Å². The van der Waals surface area contributed by atoms with Gasteiger partial charge in [-0.25, -0.2) is 4.98 Å². The molecule has 116 valence electrons. The van der Waals surface area contributed by atoms with E-state index in [9.17, 15) is 4.79 Å². The van der Waals surface area contributed by atoms with Crippen molar-refractivity contribution in [3.8, 4) is 0 Å². The van der Waals surface area contributed by atoms with E-state index in [1.807, 2.05) is 4.90 Å². The summed E-state index contributed by atoms with van der Waals surface area (Å²) in [6.07, 6.45) is 6.48. The predicted molar refractivity (Wildman–Crippen MR) is 75.0 cm³/mol. The largest absolute Gasteiger partial charge is 0.339 e. The highest BCUT2D eigenvalue weighted by atomic mass is 16.5. The van der Waals surface area contributed by atoms with E-state index in [1.54, 1.807) is 0 Å². The molecule has 22 heavy (non-hydrogen) atoms. The zero-order valence-electron chi connectivity index (χ0n) is 12.2. The number of piperidine rings is 1. The van der Waals surface area contributed by atoms with Crippen molar-refractivity contribution in [2.75, 3.05) is 13.1 Å². The van der Waals surface area contributed by atoms with E-state index in [1.165, 1.54) is 19.2 Å². The van der Waals surface area contributed by atoms with Crippen LogP contribution in [-0.4, -0.2) is 49.2 Å². The monoisotopic (exact) mass is 302 g/mol. The number of hydrogen-bond acceptors (Lipinski definition) is 6. The van der Waals surface area contributed by atoms with E-state index in [-0.39, 0.29) is 5.91 Å². The molecule has 0 spiro atoms. The second kappa shape index (κ2) is 5.51. The fourth-order valence-electron chi connectivity index (χ4n) is 2.98. The second-order valence-electron chi connectivity index (χ2n) is 6.12. The van der Waals surface area contributed by atoms with Crippen LogP contribution in [-0.2, 0) is 6.42 Å². The van der Waals surface area contributed by atoms with Crippen LogP contribution in [0.25, 0.3) is 0 Å². The van der Waals surface area contributed by atoms with Crippen molar-refractivity contribution in [1.82, 2.24) is 30.2 Å². The van der Waals surface area contributed by atoms with Crippen LogP contribution in [0.15, 0.2) is 10.9 Å². The molecule has 0 radical (unpaired) electrons. The van der Waals surface area contributed by atoms with Gasteiger partial charge in [0.1, 0.15) is 6.33 Å². The molecule has 1 saturated carbocycles. The number of nitrogens with one attached hydrogen (secondary N) is 1. The molecule has 1 aliphatic carbocycles. The van der Waals surface area contributed by atoms with Crippen LogP contribution in [0.1, 0.15) is 53.9 Å². The van der Waals surface area contributed by atoms with Crippen LogP contribution < -0.4 is 0 Å². The number of H-pyrrole nitrogens is 1. The first kappa shape index (κ1) is 13.4. The zero-order valence-corrected chi connectivity index (χ0v) is 12.2. The minimum atomic E-state index is -0.0913. The summed E-state index contributed by atoms with van der Waals surface area (Å²) >= 11 is 0. The molecule has 2 fully saturated rings. The molecule has 1 aliphatic heterocycles. The third-order valence-electron chi connectivity index (χ3n) is 4.31. The summed E-state index contributed by atoms with van der Waals surface area (Å²) in [4.78, 5) is 22.5. The van der Waals surface area contributed by atoms with Crippen molar-refractivity contribution in [3.05, 3.63) is 23.9 Å². The Kier molecular flexibility index (Phi) is 3.36. The van der Waals surface area contributed by atoms with Crippen LogP contribution in [0.5, 0.6) is 0 Å². The Labute approximate surface area is 127 Å². The average molecular weight is 302 g/mol. The van der Waals surface area contributed by atoms with Crippen LogP contribution in [0.3, 0.4) is 0 Å². The fraction of sp³-hybridized carbons (Fsp3) is 0.643. The molecule has 0 unspecified atom stereocenters. The quantitative estimate of drug-likeness (QED) is 0.909. The number of carbonyl (C=O) groups is 1. The van der Waals surface area contributed by atoms with Gasteiger partial charge in [0.05, 0.1) is 0 Å². The van der Waals surface area contributed by atoms with Gasteiger partial charge in [-0.05, 0) is 31.6 Å². The highest BCUT2D eigenvalue weighted by Gasteiger charge is 2.30. The number of aromatic nitrogens is 5. The number of aromatic amines is 1. The first-order valence-electron chi connectivity index (χ1n) is 7.76. The van der Waals surface area contributed by atoms with Gasteiger partial charge in [0, 0.05) is 25.4 Å². The third kappa shape index (κ3) is 2.72. The van der Waals surface area contributed by atoms with Crippen molar-refractivity contribution in [2.45, 2.75) is 38.0 Å². The maximum absolute atomic E-state index is 12.3. The molecule has 3 heterocycles. The molecule has 8 heteroatoms. The van der Waals surface area contributed by atoms with E-state index in [2.05, 4.69) is 25.3 Å². The van der Waals surface area contributed by atoms with Gasteiger partial charge in [-0.1, -0.05) is 5.16 Å². The van der Waals surface area contributed by atoms with E-state index >= 15 is 0 Å². The minimum absolute atomic E-state index is 0.0913. The molecule has 1 atom stereocenters. The molecule has 8 nitrogen and oxygen atoms in total. The van der Waals surface area contributed by atoms with Crippen molar-refractivity contribution in [2.24, 2.45) is 5.92 Å². The summed E-state index contributed by atoms with van der Waals surface area (Å²) in [7, 11) is 0. The fourth-order valence-corrected chi connectivity index (χ4v) is 2.98. The lowest BCUT2D eigenvalue weighted by Gasteiger charge is -2.31. The molecule has 1 saturated heterocycles. The van der Waals surface area contributed by atoms with Gasteiger partial charge in [0.15, 0.2) is 5.82 Å². The van der Waals surface area contributed by atoms with E-state index in [4.69, 9.17) is 4.52 Å². The Morgan fingerprint density at radius 3 is 3.09 bits per heavy atom. The number of hydrogen-bond donors (Lipinski definition) is 1. The molecule has 4 rings (SSSR count). The van der Waals surface area contributed by atoms with Gasteiger partial charge in [-0.3, -0.25) is 9.89 Å². The van der Waals surface area contributed by atoms with E-state index in [0.717, 1.165) is 31.6 Å². The maximum atomic E-state index is 12.3. The SMILES string of the molecule is O=C(c1ncn[nH]1)N1CCC[C@H](Cc2nc(C3CC3)no2)C1. The molecule has 2 aliphatic rings. The van der Waals surface area contributed by atoms with Crippen LogP contribution in [0.4, 0.5) is 0 Å². The zero-order chi connectivity index (χ0) is 14.9. The molecular weight excluding hydrogens is 284 g/mol. The summed E-state index contributed by atoms with van der Waals surface area (Å²) in [5, 5.41) is 10.4. The lowest BCUT2D eigenvalue weighted by molar-refractivity contribution is 0.0656. The number of nitrogens with zero attached hydrogens (tertiary/aromatic N) is 5. The Morgan fingerprint density at radius 1 is 1.41 bits per heavy atom. The molecule has 2 aromatic heterocycles. The second-order valence-corrected chi connectivity index (χ2v) is 6.12. The summed E-state index contributed by atoms with van der Waals surface area (Å²) in [6, 6.07) is 0. The highest BCUT2D eigenvalue weighted by molar-refractivity contribution is 5.90. The Bertz CT molecular complexity index is 648. The van der Waals surface area contributed by atoms with Crippen LogP contribution in [0, 0.1) is 5.92 Å². The topological polar surface area (TPSA) is 101 Å². The van der Waals surface area contributed by atoms with Crippen molar-refractivity contribution >= 4 is 5.91 Å². The number of amides is 1. The van der Waals surface area contributed by atoms with Crippen molar-refractivity contribution < 1.29 is 9.32 Å². The Balaban J connectivity index is 1.38.